The molecule has 1 N–H and O–H groups in total. The molecule has 0 saturated carbocycles. The van der Waals surface area contributed by atoms with Gasteiger partial charge in [-0.3, -0.25) is 14.5 Å². The molecule has 0 radical (unpaired) electrons. The maximum atomic E-state index is 13.5. The van der Waals surface area contributed by atoms with E-state index >= 15 is 0 Å². The van der Waals surface area contributed by atoms with Gasteiger partial charge in [0.2, 0.25) is 5.91 Å². The van der Waals surface area contributed by atoms with Crippen LogP contribution in [0.1, 0.15) is 29.2 Å². The summed E-state index contributed by atoms with van der Waals surface area (Å²) in [6, 6.07) is 24.2. The van der Waals surface area contributed by atoms with Crippen LogP contribution in [0.25, 0.3) is 0 Å². The van der Waals surface area contributed by atoms with Crippen LogP contribution in [0.4, 0.5) is 5.69 Å². The molecule has 0 fully saturated rings. The highest BCUT2D eigenvalue weighted by Crippen LogP contribution is 2.44. The normalized spacial score (nSPS) is 17.5. The molecule has 0 aliphatic carbocycles. The number of fused-ring (bicyclic) bond motifs is 1. The Labute approximate surface area is 182 Å². The van der Waals surface area contributed by atoms with E-state index in [1.165, 1.54) is 4.90 Å². The summed E-state index contributed by atoms with van der Waals surface area (Å²) in [6.07, 6.45) is 0. The molecule has 158 valence electrons. The Bertz CT molecular complexity index is 1110. The summed E-state index contributed by atoms with van der Waals surface area (Å²) < 4.78 is 0. The number of carbonyl (C=O) groups excluding carboxylic acids is 2. The van der Waals surface area contributed by atoms with Crippen LogP contribution in [0, 0.1) is 6.92 Å². The summed E-state index contributed by atoms with van der Waals surface area (Å²) in [5.41, 5.74) is 1.76. The molecule has 5 nitrogen and oxygen atoms in total. The third-order valence-electron chi connectivity index (χ3n) is 5.82. The van der Waals surface area contributed by atoms with Crippen LogP contribution in [-0.4, -0.2) is 34.9 Å². The van der Waals surface area contributed by atoms with Crippen molar-refractivity contribution < 1.29 is 14.7 Å². The average molecular weight is 415 g/mol. The van der Waals surface area contributed by atoms with Gasteiger partial charge >= 0.3 is 0 Å². The van der Waals surface area contributed by atoms with Gasteiger partial charge in [0, 0.05) is 18.7 Å². The monoisotopic (exact) mass is 414 g/mol. The fraction of sp³-hybridized carbons (Fsp3) is 0.231. The van der Waals surface area contributed by atoms with Crippen LogP contribution in [-0.2, 0) is 21.7 Å². The van der Waals surface area contributed by atoms with Crippen molar-refractivity contribution in [3.63, 3.8) is 0 Å². The second kappa shape index (κ2) is 8.36. The van der Waals surface area contributed by atoms with Crippen LogP contribution < -0.4 is 4.90 Å². The Morgan fingerprint density at radius 2 is 1.71 bits per heavy atom. The summed E-state index contributed by atoms with van der Waals surface area (Å²) in [5, 5.41) is 11.6. The number of amides is 2. The number of para-hydroxylation sites is 1. The Morgan fingerprint density at radius 3 is 2.42 bits per heavy atom. The lowest BCUT2D eigenvalue weighted by molar-refractivity contribution is -0.136. The Kier molecular flexibility index (Phi) is 5.61. The number of aryl methyl sites for hydroxylation is 1. The summed E-state index contributed by atoms with van der Waals surface area (Å²) in [5.74, 6) is -0.661. The molecule has 0 spiro atoms. The van der Waals surface area contributed by atoms with E-state index in [1.807, 2.05) is 68.4 Å². The minimum absolute atomic E-state index is 0.120. The van der Waals surface area contributed by atoms with Crippen molar-refractivity contribution in [2.45, 2.75) is 26.0 Å². The number of rotatable bonds is 6. The van der Waals surface area contributed by atoms with Crippen molar-refractivity contribution in [3.8, 4) is 0 Å². The Hall–Kier alpha value is -3.44. The predicted octanol–water partition coefficient (Wildman–Crippen LogP) is 3.63. The van der Waals surface area contributed by atoms with Crippen molar-refractivity contribution in [1.82, 2.24) is 4.90 Å². The zero-order valence-electron chi connectivity index (χ0n) is 17.8. The maximum absolute atomic E-state index is 13.5. The molecule has 31 heavy (non-hydrogen) atoms. The van der Waals surface area contributed by atoms with Gasteiger partial charge in [0.25, 0.3) is 5.91 Å². The zero-order valence-corrected chi connectivity index (χ0v) is 17.8. The highest BCUT2D eigenvalue weighted by atomic mass is 16.3. The predicted molar refractivity (Wildman–Crippen MR) is 121 cm³/mol. The largest absolute Gasteiger partial charge is 0.372 e. The third kappa shape index (κ3) is 3.73. The quantitative estimate of drug-likeness (QED) is 0.670. The fourth-order valence-corrected chi connectivity index (χ4v) is 4.16. The molecular weight excluding hydrogens is 388 g/mol. The molecule has 1 heterocycles. The van der Waals surface area contributed by atoms with Crippen molar-refractivity contribution in [2.24, 2.45) is 0 Å². The second-order valence-electron chi connectivity index (χ2n) is 7.88. The zero-order chi connectivity index (χ0) is 22.0. The molecule has 1 aliphatic heterocycles. The number of nitrogens with zero attached hydrogens (tertiary/aromatic N) is 2. The molecule has 1 aliphatic rings. The van der Waals surface area contributed by atoms with Crippen LogP contribution in [0.5, 0.6) is 0 Å². The molecule has 0 saturated heterocycles. The molecule has 1 unspecified atom stereocenters. The van der Waals surface area contributed by atoms with E-state index in [2.05, 4.69) is 0 Å². The number of benzene rings is 3. The number of hydrogen-bond donors (Lipinski definition) is 1. The van der Waals surface area contributed by atoms with Crippen molar-refractivity contribution in [3.05, 3.63) is 101 Å². The minimum atomic E-state index is -1.81. The first-order valence-electron chi connectivity index (χ1n) is 10.5. The van der Waals surface area contributed by atoms with Crippen LogP contribution in [0.3, 0.4) is 0 Å². The van der Waals surface area contributed by atoms with E-state index in [0.717, 1.165) is 11.1 Å². The maximum Gasteiger partial charge on any atom is 0.268 e. The highest BCUT2D eigenvalue weighted by molar-refractivity contribution is 6.11. The van der Waals surface area contributed by atoms with Crippen molar-refractivity contribution >= 4 is 17.5 Å². The van der Waals surface area contributed by atoms with Gasteiger partial charge in [-0.2, -0.15) is 0 Å². The van der Waals surface area contributed by atoms with Gasteiger partial charge in [-0.05, 0) is 31.0 Å². The van der Waals surface area contributed by atoms with E-state index in [1.54, 1.807) is 29.2 Å². The van der Waals surface area contributed by atoms with Gasteiger partial charge in [-0.1, -0.05) is 78.4 Å². The van der Waals surface area contributed by atoms with Gasteiger partial charge in [0.05, 0.1) is 5.69 Å². The van der Waals surface area contributed by atoms with Gasteiger partial charge < -0.3 is 10.0 Å². The lowest BCUT2D eigenvalue weighted by Crippen LogP contribution is -2.46. The van der Waals surface area contributed by atoms with Gasteiger partial charge in [-0.25, -0.2) is 0 Å². The molecule has 0 aromatic heterocycles. The summed E-state index contributed by atoms with van der Waals surface area (Å²) in [7, 11) is 0. The number of anilines is 1. The van der Waals surface area contributed by atoms with Gasteiger partial charge in [0.15, 0.2) is 5.60 Å². The lowest BCUT2D eigenvalue weighted by Gasteiger charge is -2.26. The van der Waals surface area contributed by atoms with E-state index in [-0.39, 0.29) is 12.5 Å². The first-order chi connectivity index (χ1) is 14.9. The highest BCUT2D eigenvalue weighted by Gasteiger charge is 2.51. The number of hydrogen-bond acceptors (Lipinski definition) is 3. The Balaban J connectivity index is 1.65. The second-order valence-corrected chi connectivity index (χ2v) is 7.88. The van der Waals surface area contributed by atoms with E-state index in [0.29, 0.717) is 29.9 Å². The first kappa shape index (κ1) is 20.8. The van der Waals surface area contributed by atoms with Crippen molar-refractivity contribution in [1.29, 1.82) is 0 Å². The summed E-state index contributed by atoms with van der Waals surface area (Å²) in [6.45, 7) is 4.72. The number of carbonyl (C=O) groups is 2. The molecule has 4 rings (SSSR count). The molecule has 3 aromatic rings. The summed E-state index contributed by atoms with van der Waals surface area (Å²) >= 11 is 0. The first-order valence-corrected chi connectivity index (χ1v) is 10.5. The Morgan fingerprint density at radius 1 is 1.00 bits per heavy atom. The van der Waals surface area contributed by atoms with E-state index in [4.69, 9.17) is 0 Å². The molecular formula is C26H26N2O3. The fourth-order valence-electron chi connectivity index (χ4n) is 4.16. The molecule has 5 heteroatoms. The minimum Gasteiger partial charge on any atom is -0.372 e. The third-order valence-corrected chi connectivity index (χ3v) is 5.82. The SMILES string of the molecule is CCN(Cc1ccccc1)C(=O)CN1C(=O)C(O)(c2cccc(C)c2)c2ccccc21. The average Bonchev–Trinajstić information content (AvgIpc) is 3.01. The van der Waals surface area contributed by atoms with Crippen LogP contribution in [0.15, 0.2) is 78.9 Å². The van der Waals surface area contributed by atoms with Gasteiger partial charge in [-0.15, -0.1) is 0 Å². The topological polar surface area (TPSA) is 60.9 Å². The number of aliphatic hydroxyl groups is 1. The van der Waals surface area contributed by atoms with Crippen molar-refractivity contribution in [2.75, 3.05) is 18.0 Å². The molecule has 1 atom stereocenters. The van der Waals surface area contributed by atoms with Gasteiger partial charge in [0.1, 0.15) is 6.54 Å². The standard InChI is InChI=1S/C26H26N2O3/c1-3-27(17-20-11-5-4-6-12-20)24(29)18-28-23-15-8-7-14-22(23)26(31,25(28)30)21-13-9-10-19(2)16-21/h4-16,31H,3,17-18H2,1-2H3. The van der Waals surface area contributed by atoms with Crippen LogP contribution >= 0.6 is 0 Å². The summed E-state index contributed by atoms with van der Waals surface area (Å²) in [4.78, 5) is 29.8. The molecule has 3 aromatic carbocycles. The number of likely N-dealkylation sites (N-methyl/N-ethyl adjacent to an activating group) is 1. The van der Waals surface area contributed by atoms with E-state index in [9.17, 15) is 14.7 Å². The molecule has 2 amide bonds. The smallest absolute Gasteiger partial charge is 0.268 e. The molecule has 0 bridgehead atoms. The lowest BCUT2D eigenvalue weighted by atomic mass is 9.87. The van der Waals surface area contributed by atoms with Crippen LogP contribution in [0.2, 0.25) is 0 Å². The van der Waals surface area contributed by atoms with E-state index < -0.39 is 11.5 Å².